The summed E-state index contributed by atoms with van der Waals surface area (Å²) in [6.45, 7) is 2.61. The Labute approximate surface area is 128 Å². The van der Waals surface area contributed by atoms with E-state index in [2.05, 4.69) is 0 Å². The van der Waals surface area contributed by atoms with Crippen molar-refractivity contribution in [2.75, 3.05) is 13.7 Å². The summed E-state index contributed by atoms with van der Waals surface area (Å²) in [6.07, 6.45) is 2.37. The van der Waals surface area contributed by atoms with Crippen LogP contribution in [0, 0.1) is 0 Å². The molecule has 112 valence electrons. The lowest BCUT2D eigenvalue weighted by atomic mass is 10.2. The third kappa shape index (κ3) is 2.89. The van der Waals surface area contributed by atoms with E-state index in [0.717, 1.165) is 32.6 Å². The molecule has 1 heterocycles. The number of benzene rings is 1. The number of aliphatic hydroxyl groups is 1. The van der Waals surface area contributed by atoms with Gasteiger partial charge in [-0.05, 0) is 38.0 Å². The molecule has 0 amide bonds. The molecular weight excluding hydrogens is 286 g/mol. The molecule has 2 aromatic rings. The van der Waals surface area contributed by atoms with Gasteiger partial charge < -0.3 is 14.6 Å². The van der Waals surface area contributed by atoms with Gasteiger partial charge in [0.05, 0.1) is 30.9 Å². The van der Waals surface area contributed by atoms with Crippen molar-refractivity contribution < 1.29 is 14.6 Å². The molecule has 1 aromatic carbocycles. The van der Waals surface area contributed by atoms with Crippen molar-refractivity contribution >= 4 is 11.3 Å². The smallest absolute Gasteiger partial charge is 0.161 e. The average Bonchev–Trinajstić information content (AvgIpc) is 3.26. The fourth-order valence-corrected chi connectivity index (χ4v) is 3.36. The van der Waals surface area contributed by atoms with Crippen LogP contribution in [0.25, 0.3) is 10.6 Å². The summed E-state index contributed by atoms with van der Waals surface area (Å²) in [4.78, 5) is 5.72. The minimum absolute atomic E-state index is 0.0674. The molecule has 0 aliphatic heterocycles. The number of hydrogen-bond donors (Lipinski definition) is 1. The van der Waals surface area contributed by atoms with Crippen LogP contribution in [0.5, 0.6) is 11.5 Å². The largest absolute Gasteiger partial charge is 0.493 e. The first-order valence-corrected chi connectivity index (χ1v) is 8.00. The molecule has 3 rings (SSSR count). The molecule has 5 heteroatoms. The second-order valence-electron chi connectivity index (χ2n) is 5.06. The highest BCUT2D eigenvalue weighted by atomic mass is 32.1. The number of aliphatic hydroxyl groups excluding tert-OH is 1. The standard InChI is InChI=1S/C16H19NO3S/c1-3-20-13-8-11(6-7-12(13)19-2)16-17-15(10-4-5-10)14(9-18)21-16/h6-8,10,18H,3-5,9H2,1-2H3. The third-order valence-electron chi connectivity index (χ3n) is 3.55. The van der Waals surface area contributed by atoms with E-state index in [9.17, 15) is 5.11 Å². The zero-order valence-corrected chi connectivity index (χ0v) is 13.1. The predicted molar refractivity (Wildman–Crippen MR) is 83.2 cm³/mol. The van der Waals surface area contributed by atoms with Gasteiger partial charge in [-0.2, -0.15) is 0 Å². The topological polar surface area (TPSA) is 51.6 Å². The maximum absolute atomic E-state index is 9.50. The third-order valence-corrected chi connectivity index (χ3v) is 4.65. The zero-order valence-electron chi connectivity index (χ0n) is 12.3. The quantitative estimate of drug-likeness (QED) is 0.886. The van der Waals surface area contributed by atoms with Gasteiger partial charge >= 0.3 is 0 Å². The average molecular weight is 305 g/mol. The molecule has 1 saturated carbocycles. The lowest BCUT2D eigenvalue weighted by Gasteiger charge is -2.10. The van der Waals surface area contributed by atoms with Crippen LogP contribution in [0.3, 0.4) is 0 Å². The first-order chi connectivity index (χ1) is 10.3. The summed E-state index contributed by atoms with van der Waals surface area (Å²) in [5.41, 5.74) is 2.08. The lowest BCUT2D eigenvalue weighted by molar-refractivity contribution is 0.284. The van der Waals surface area contributed by atoms with Crippen molar-refractivity contribution in [2.24, 2.45) is 0 Å². The highest BCUT2D eigenvalue weighted by Crippen LogP contribution is 2.44. The Morgan fingerprint density at radius 1 is 1.33 bits per heavy atom. The van der Waals surface area contributed by atoms with E-state index in [-0.39, 0.29) is 6.61 Å². The first-order valence-electron chi connectivity index (χ1n) is 7.18. The van der Waals surface area contributed by atoms with Gasteiger partial charge in [0.25, 0.3) is 0 Å². The molecule has 0 spiro atoms. The minimum Gasteiger partial charge on any atom is -0.493 e. The van der Waals surface area contributed by atoms with Crippen LogP contribution in [-0.2, 0) is 6.61 Å². The van der Waals surface area contributed by atoms with E-state index < -0.39 is 0 Å². The van der Waals surface area contributed by atoms with E-state index in [1.807, 2.05) is 25.1 Å². The maximum Gasteiger partial charge on any atom is 0.161 e. The van der Waals surface area contributed by atoms with Gasteiger partial charge in [0.2, 0.25) is 0 Å². The Hall–Kier alpha value is -1.59. The van der Waals surface area contributed by atoms with Gasteiger partial charge in [-0.1, -0.05) is 0 Å². The Morgan fingerprint density at radius 2 is 2.14 bits per heavy atom. The SMILES string of the molecule is CCOc1cc(-c2nc(C3CC3)c(CO)s2)ccc1OC. The summed E-state index contributed by atoms with van der Waals surface area (Å²) in [5.74, 6) is 2.00. The number of methoxy groups -OCH3 is 1. The molecule has 1 aliphatic carbocycles. The Balaban J connectivity index is 1.97. The van der Waals surface area contributed by atoms with Crippen molar-refractivity contribution in [1.82, 2.24) is 4.98 Å². The normalized spacial score (nSPS) is 14.2. The van der Waals surface area contributed by atoms with Crippen LogP contribution in [-0.4, -0.2) is 23.8 Å². The van der Waals surface area contributed by atoms with Crippen LogP contribution in [0.2, 0.25) is 0 Å². The molecule has 1 fully saturated rings. The summed E-state index contributed by atoms with van der Waals surface area (Å²) >= 11 is 1.56. The van der Waals surface area contributed by atoms with Gasteiger partial charge in [-0.15, -0.1) is 11.3 Å². The summed E-state index contributed by atoms with van der Waals surface area (Å²) in [7, 11) is 1.63. The summed E-state index contributed by atoms with van der Waals surface area (Å²) in [6, 6.07) is 5.84. The van der Waals surface area contributed by atoms with Gasteiger partial charge in [0, 0.05) is 11.5 Å². The second kappa shape index (κ2) is 6.03. The number of nitrogens with zero attached hydrogens (tertiary/aromatic N) is 1. The predicted octanol–water partition coefficient (Wildman–Crippen LogP) is 3.59. The molecule has 1 aromatic heterocycles. The van der Waals surface area contributed by atoms with Crippen LogP contribution in [0.4, 0.5) is 0 Å². The van der Waals surface area contributed by atoms with Crippen molar-refractivity contribution in [3.63, 3.8) is 0 Å². The molecule has 0 unspecified atom stereocenters. The van der Waals surface area contributed by atoms with Crippen LogP contribution >= 0.6 is 11.3 Å². The van der Waals surface area contributed by atoms with Gasteiger partial charge in [0.1, 0.15) is 5.01 Å². The molecule has 0 saturated heterocycles. The summed E-state index contributed by atoms with van der Waals surface area (Å²) < 4.78 is 10.9. The molecule has 4 nitrogen and oxygen atoms in total. The highest BCUT2D eigenvalue weighted by Gasteiger charge is 2.29. The second-order valence-corrected chi connectivity index (χ2v) is 6.14. The van der Waals surface area contributed by atoms with Crippen molar-refractivity contribution in [3.8, 4) is 22.1 Å². The van der Waals surface area contributed by atoms with Crippen molar-refractivity contribution in [3.05, 3.63) is 28.8 Å². The molecule has 21 heavy (non-hydrogen) atoms. The molecule has 1 N–H and O–H groups in total. The first kappa shape index (κ1) is 14.4. The molecule has 0 radical (unpaired) electrons. The lowest BCUT2D eigenvalue weighted by Crippen LogP contribution is -1.95. The number of hydrogen-bond acceptors (Lipinski definition) is 5. The minimum atomic E-state index is 0.0674. The molecule has 1 aliphatic rings. The fraction of sp³-hybridized carbons (Fsp3) is 0.438. The molecule has 0 atom stereocenters. The number of thiazole rings is 1. The molecular formula is C16H19NO3S. The van der Waals surface area contributed by atoms with Crippen molar-refractivity contribution in [1.29, 1.82) is 0 Å². The Kier molecular flexibility index (Phi) is 4.12. The van der Waals surface area contributed by atoms with Crippen molar-refractivity contribution in [2.45, 2.75) is 32.3 Å². The van der Waals surface area contributed by atoms with Crippen LogP contribution in [0.1, 0.15) is 36.3 Å². The van der Waals surface area contributed by atoms with Crippen LogP contribution in [0.15, 0.2) is 18.2 Å². The van der Waals surface area contributed by atoms with Gasteiger partial charge in [-0.3, -0.25) is 0 Å². The zero-order chi connectivity index (χ0) is 14.8. The Morgan fingerprint density at radius 3 is 2.76 bits per heavy atom. The van der Waals surface area contributed by atoms with E-state index in [1.54, 1.807) is 18.4 Å². The van der Waals surface area contributed by atoms with Gasteiger partial charge in [-0.25, -0.2) is 4.98 Å². The number of ether oxygens (including phenoxy) is 2. The van der Waals surface area contributed by atoms with Crippen LogP contribution < -0.4 is 9.47 Å². The van der Waals surface area contributed by atoms with E-state index in [1.165, 1.54) is 12.8 Å². The van der Waals surface area contributed by atoms with E-state index in [0.29, 0.717) is 12.5 Å². The molecule has 0 bridgehead atoms. The van der Waals surface area contributed by atoms with E-state index >= 15 is 0 Å². The Bertz CT molecular complexity index is 634. The number of aromatic nitrogens is 1. The number of rotatable bonds is 6. The monoisotopic (exact) mass is 305 g/mol. The fourth-order valence-electron chi connectivity index (χ4n) is 2.35. The maximum atomic E-state index is 9.50. The van der Waals surface area contributed by atoms with Gasteiger partial charge in [0.15, 0.2) is 11.5 Å². The van der Waals surface area contributed by atoms with E-state index in [4.69, 9.17) is 14.5 Å². The summed E-state index contributed by atoms with van der Waals surface area (Å²) in [5, 5.41) is 10.4. The highest BCUT2D eigenvalue weighted by molar-refractivity contribution is 7.15.